The SMILES string of the molecule is c1ccc(C2=NC(c3ccccc3)NC(c3cc4ccccc4cc3-c3ccc(-c4ccc5c(c4)oc4ccc6ccccc6c45)cc3)N2)cc1. The fourth-order valence-corrected chi connectivity index (χ4v) is 7.58. The van der Waals surface area contributed by atoms with Crippen molar-refractivity contribution in [2.45, 2.75) is 12.3 Å². The number of amidine groups is 1. The third-order valence-electron chi connectivity index (χ3n) is 10.1. The molecule has 2 heterocycles. The highest BCUT2D eigenvalue weighted by molar-refractivity contribution is 6.19. The zero-order chi connectivity index (χ0) is 33.7. The summed E-state index contributed by atoms with van der Waals surface area (Å²) in [6.45, 7) is 0. The van der Waals surface area contributed by atoms with Crippen LogP contribution in [0.2, 0.25) is 0 Å². The summed E-state index contributed by atoms with van der Waals surface area (Å²) in [7, 11) is 0. The lowest BCUT2D eigenvalue weighted by atomic mass is 9.92. The predicted octanol–water partition coefficient (Wildman–Crippen LogP) is 11.6. The standard InChI is InChI=1S/C47H33N3O/c1-3-12-33(13-4-1)45-48-46(34-14-5-2-6-15-34)50-47(49-45)41-28-36-17-8-7-16-35(36)27-40(41)32-21-19-30(20-22-32)37-23-25-39-43(29-37)51-42-26-24-31-11-9-10-18-38(31)44(39)42/h1-29,45,47,49H,(H,48,50). The molecule has 242 valence electrons. The molecule has 4 nitrogen and oxygen atoms in total. The van der Waals surface area contributed by atoms with Crippen LogP contribution in [0.3, 0.4) is 0 Å². The minimum Gasteiger partial charge on any atom is -0.456 e. The van der Waals surface area contributed by atoms with Crippen molar-refractivity contribution in [2.75, 3.05) is 0 Å². The second kappa shape index (κ2) is 12.1. The molecular formula is C47H33N3O. The molecule has 0 spiro atoms. The number of benzene rings is 8. The van der Waals surface area contributed by atoms with Gasteiger partial charge >= 0.3 is 0 Å². The Bertz CT molecular complexity index is 2750. The van der Waals surface area contributed by atoms with E-state index >= 15 is 0 Å². The van der Waals surface area contributed by atoms with Gasteiger partial charge < -0.3 is 9.73 Å². The Morgan fingerprint density at radius 1 is 0.471 bits per heavy atom. The largest absolute Gasteiger partial charge is 0.456 e. The maximum Gasteiger partial charge on any atom is 0.136 e. The monoisotopic (exact) mass is 655 g/mol. The van der Waals surface area contributed by atoms with E-state index in [2.05, 4.69) is 174 Å². The van der Waals surface area contributed by atoms with Crippen LogP contribution in [0.4, 0.5) is 0 Å². The van der Waals surface area contributed by atoms with Crippen molar-refractivity contribution >= 4 is 49.3 Å². The van der Waals surface area contributed by atoms with Gasteiger partial charge in [0.1, 0.15) is 29.3 Å². The van der Waals surface area contributed by atoms with Gasteiger partial charge in [-0.1, -0.05) is 146 Å². The molecule has 1 aromatic heterocycles. The predicted molar refractivity (Wildman–Crippen MR) is 211 cm³/mol. The van der Waals surface area contributed by atoms with Crippen LogP contribution in [0.1, 0.15) is 29.0 Å². The van der Waals surface area contributed by atoms with E-state index in [9.17, 15) is 0 Å². The van der Waals surface area contributed by atoms with Crippen molar-refractivity contribution in [3.05, 3.63) is 193 Å². The van der Waals surface area contributed by atoms with Gasteiger partial charge in [0.25, 0.3) is 0 Å². The summed E-state index contributed by atoms with van der Waals surface area (Å²) in [6, 6.07) is 62.3. The van der Waals surface area contributed by atoms with Gasteiger partial charge in [-0.3, -0.25) is 5.32 Å². The van der Waals surface area contributed by atoms with Crippen LogP contribution in [-0.4, -0.2) is 5.84 Å². The smallest absolute Gasteiger partial charge is 0.136 e. The number of fused-ring (bicyclic) bond motifs is 6. The first-order valence-electron chi connectivity index (χ1n) is 17.4. The maximum absolute atomic E-state index is 6.40. The van der Waals surface area contributed by atoms with Crippen LogP contribution in [0, 0.1) is 0 Å². The fourth-order valence-electron chi connectivity index (χ4n) is 7.58. The second-order valence-corrected chi connectivity index (χ2v) is 13.2. The summed E-state index contributed by atoms with van der Waals surface area (Å²) in [5.74, 6) is 0.872. The highest BCUT2D eigenvalue weighted by Crippen LogP contribution is 2.38. The van der Waals surface area contributed by atoms with Gasteiger partial charge in [0.2, 0.25) is 0 Å². The molecule has 0 bridgehead atoms. The maximum atomic E-state index is 6.40. The zero-order valence-corrected chi connectivity index (χ0v) is 27.8. The molecule has 51 heavy (non-hydrogen) atoms. The van der Waals surface area contributed by atoms with E-state index < -0.39 is 0 Å². The van der Waals surface area contributed by atoms with E-state index in [1.54, 1.807) is 0 Å². The van der Waals surface area contributed by atoms with Crippen molar-refractivity contribution < 1.29 is 4.42 Å². The van der Waals surface area contributed by atoms with Crippen LogP contribution in [0.5, 0.6) is 0 Å². The summed E-state index contributed by atoms with van der Waals surface area (Å²) in [5.41, 5.74) is 9.76. The molecule has 0 aliphatic carbocycles. The van der Waals surface area contributed by atoms with Gasteiger partial charge in [0.15, 0.2) is 0 Å². The molecule has 1 aliphatic rings. The number of nitrogens with one attached hydrogen (secondary N) is 2. The quantitative estimate of drug-likeness (QED) is 0.194. The Morgan fingerprint density at radius 3 is 1.94 bits per heavy atom. The number of nitrogens with zero attached hydrogens (tertiary/aromatic N) is 1. The van der Waals surface area contributed by atoms with Crippen LogP contribution in [0.25, 0.3) is 65.7 Å². The van der Waals surface area contributed by atoms with E-state index in [4.69, 9.17) is 9.41 Å². The lowest BCUT2D eigenvalue weighted by Gasteiger charge is -2.33. The molecule has 9 aromatic rings. The van der Waals surface area contributed by atoms with E-state index in [0.717, 1.165) is 50.2 Å². The average molecular weight is 656 g/mol. The fraction of sp³-hybridized carbons (Fsp3) is 0.0426. The number of hydrogen-bond acceptors (Lipinski definition) is 4. The molecule has 8 aromatic carbocycles. The van der Waals surface area contributed by atoms with Crippen molar-refractivity contribution in [1.29, 1.82) is 0 Å². The van der Waals surface area contributed by atoms with Crippen LogP contribution < -0.4 is 10.6 Å². The van der Waals surface area contributed by atoms with E-state index in [1.165, 1.54) is 38.1 Å². The van der Waals surface area contributed by atoms with Gasteiger partial charge in [-0.15, -0.1) is 0 Å². The topological polar surface area (TPSA) is 49.6 Å². The number of furan rings is 1. The van der Waals surface area contributed by atoms with Gasteiger partial charge in [0, 0.05) is 16.3 Å². The Morgan fingerprint density at radius 2 is 1.14 bits per heavy atom. The summed E-state index contributed by atoms with van der Waals surface area (Å²) < 4.78 is 6.40. The van der Waals surface area contributed by atoms with Crippen LogP contribution in [0.15, 0.2) is 185 Å². The summed E-state index contributed by atoms with van der Waals surface area (Å²) in [6.07, 6.45) is -0.394. The van der Waals surface area contributed by atoms with E-state index in [-0.39, 0.29) is 12.3 Å². The Labute approximate surface area is 295 Å². The summed E-state index contributed by atoms with van der Waals surface area (Å²) >= 11 is 0. The average Bonchev–Trinajstić information content (AvgIpc) is 3.59. The van der Waals surface area contributed by atoms with Gasteiger partial charge in [-0.05, 0) is 85.3 Å². The van der Waals surface area contributed by atoms with Crippen molar-refractivity contribution in [1.82, 2.24) is 10.6 Å². The molecule has 4 heteroatoms. The van der Waals surface area contributed by atoms with Gasteiger partial charge in [-0.2, -0.15) is 0 Å². The van der Waals surface area contributed by atoms with Gasteiger partial charge in [-0.25, -0.2) is 4.99 Å². The molecule has 1 aliphatic heterocycles. The van der Waals surface area contributed by atoms with Crippen molar-refractivity contribution in [3.63, 3.8) is 0 Å². The molecule has 0 fully saturated rings. The zero-order valence-electron chi connectivity index (χ0n) is 27.8. The molecule has 0 saturated heterocycles. The Balaban J connectivity index is 1.05. The minimum absolute atomic E-state index is 0.186. The Hall–Kier alpha value is -6.49. The lowest BCUT2D eigenvalue weighted by Crippen LogP contribution is -2.45. The Kier molecular flexibility index (Phi) is 7.00. The molecule has 0 radical (unpaired) electrons. The molecule has 2 unspecified atom stereocenters. The van der Waals surface area contributed by atoms with Crippen LogP contribution in [-0.2, 0) is 0 Å². The summed E-state index contributed by atoms with van der Waals surface area (Å²) in [5, 5.41) is 14.8. The lowest BCUT2D eigenvalue weighted by molar-refractivity contribution is 0.410. The number of hydrogen-bond donors (Lipinski definition) is 2. The molecule has 2 N–H and O–H groups in total. The minimum atomic E-state index is -0.208. The van der Waals surface area contributed by atoms with Crippen LogP contribution >= 0.6 is 0 Å². The highest BCUT2D eigenvalue weighted by atomic mass is 16.3. The summed E-state index contributed by atoms with van der Waals surface area (Å²) in [4.78, 5) is 5.14. The third kappa shape index (κ3) is 5.25. The molecule has 0 saturated carbocycles. The molecule has 10 rings (SSSR count). The first kappa shape index (κ1) is 29.4. The van der Waals surface area contributed by atoms with E-state index in [1.807, 2.05) is 12.1 Å². The van der Waals surface area contributed by atoms with E-state index in [0.29, 0.717) is 0 Å². The molecular weight excluding hydrogens is 623 g/mol. The first-order valence-corrected chi connectivity index (χ1v) is 17.4. The van der Waals surface area contributed by atoms with Gasteiger partial charge in [0.05, 0.1) is 0 Å². The third-order valence-corrected chi connectivity index (χ3v) is 10.1. The highest BCUT2D eigenvalue weighted by Gasteiger charge is 2.27. The normalized spacial score (nSPS) is 16.0. The molecule has 2 atom stereocenters. The van der Waals surface area contributed by atoms with Crippen molar-refractivity contribution in [2.24, 2.45) is 4.99 Å². The number of rotatable bonds is 5. The van der Waals surface area contributed by atoms with Crippen molar-refractivity contribution in [3.8, 4) is 22.3 Å². The first-order chi connectivity index (χ1) is 25.2. The molecule has 0 amide bonds. The second-order valence-electron chi connectivity index (χ2n) is 13.2. The number of aliphatic imine (C=N–C) groups is 1.